The summed E-state index contributed by atoms with van der Waals surface area (Å²) in [5, 5.41) is 8.44. The lowest BCUT2D eigenvalue weighted by atomic mass is 10.0. The molecule has 270 valence electrons. The van der Waals surface area contributed by atoms with Crippen molar-refractivity contribution >= 4 is 69.5 Å². The van der Waals surface area contributed by atoms with Crippen LogP contribution in [-0.2, 0) is 32.1 Å². The highest BCUT2D eigenvalue weighted by atomic mass is 32.2. The molecule has 11 nitrogen and oxygen atoms in total. The van der Waals surface area contributed by atoms with Gasteiger partial charge in [-0.25, -0.2) is 4.79 Å². The summed E-state index contributed by atoms with van der Waals surface area (Å²) >= 11 is 2.60. The minimum absolute atomic E-state index is 0.0355. The molecule has 1 aliphatic heterocycles. The van der Waals surface area contributed by atoms with Crippen molar-refractivity contribution in [1.82, 2.24) is 10.2 Å². The Bertz CT molecular complexity index is 1980. The van der Waals surface area contributed by atoms with Crippen LogP contribution in [0.15, 0.2) is 89.5 Å². The first kappa shape index (κ1) is 37.8. The number of benzene rings is 3. The number of nitrogens with zero attached hydrogens (tertiary/aromatic N) is 1. The van der Waals surface area contributed by atoms with Crippen LogP contribution >= 0.6 is 23.1 Å². The van der Waals surface area contributed by atoms with Crippen LogP contribution in [0.5, 0.6) is 5.75 Å². The van der Waals surface area contributed by atoms with Crippen molar-refractivity contribution in [3.05, 3.63) is 112 Å². The average molecular weight is 741 g/mol. The predicted molar refractivity (Wildman–Crippen MR) is 204 cm³/mol. The Kier molecular flexibility index (Phi) is 12.9. The van der Waals surface area contributed by atoms with Gasteiger partial charge in [0.15, 0.2) is 0 Å². The van der Waals surface area contributed by atoms with E-state index >= 15 is 0 Å². The van der Waals surface area contributed by atoms with Crippen LogP contribution in [0.2, 0.25) is 0 Å². The molecule has 52 heavy (non-hydrogen) atoms. The quantitative estimate of drug-likeness (QED) is 0.0776. The zero-order chi connectivity index (χ0) is 37.2. The normalized spacial score (nSPS) is 13.0. The van der Waals surface area contributed by atoms with E-state index in [4.69, 9.17) is 9.47 Å². The maximum atomic E-state index is 13.7. The molecule has 1 atom stereocenters. The molecule has 3 N–H and O–H groups in total. The second-order valence-corrected chi connectivity index (χ2v) is 14.1. The molecule has 0 saturated heterocycles. The number of thiophene rings is 1. The highest BCUT2D eigenvalue weighted by Gasteiger charge is 2.31. The van der Waals surface area contributed by atoms with E-state index in [1.165, 1.54) is 37.1 Å². The lowest BCUT2D eigenvalue weighted by Gasteiger charge is -2.25. The van der Waals surface area contributed by atoms with Crippen LogP contribution in [-0.4, -0.2) is 60.0 Å². The molecule has 3 aromatic carbocycles. The zero-order valence-electron chi connectivity index (χ0n) is 29.3. The maximum absolute atomic E-state index is 13.7. The lowest BCUT2D eigenvalue weighted by Crippen LogP contribution is -2.34. The first-order valence-electron chi connectivity index (χ1n) is 16.8. The molecule has 2 heterocycles. The van der Waals surface area contributed by atoms with Gasteiger partial charge in [0.1, 0.15) is 16.4 Å². The molecule has 0 radical (unpaired) electrons. The molecular weight excluding hydrogens is 701 g/mol. The fraction of sp³-hybridized carbons (Fsp3) is 0.256. The highest BCUT2D eigenvalue weighted by Crippen LogP contribution is 2.38. The van der Waals surface area contributed by atoms with Gasteiger partial charge in [-0.3, -0.25) is 19.2 Å². The summed E-state index contributed by atoms with van der Waals surface area (Å²) < 4.78 is 10.6. The molecule has 0 bridgehead atoms. The second kappa shape index (κ2) is 17.7. The number of rotatable bonds is 13. The van der Waals surface area contributed by atoms with E-state index in [1.807, 2.05) is 19.9 Å². The van der Waals surface area contributed by atoms with E-state index in [0.29, 0.717) is 65.7 Å². The number of nitrogens with one attached hydrogen (secondary N) is 3. The molecule has 1 unspecified atom stereocenters. The fourth-order valence-corrected chi connectivity index (χ4v) is 7.81. The highest BCUT2D eigenvalue weighted by molar-refractivity contribution is 8.00. The average Bonchev–Trinajstić information content (AvgIpc) is 3.51. The van der Waals surface area contributed by atoms with Gasteiger partial charge in [-0.1, -0.05) is 43.3 Å². The third-order valence-corrected chi connectivity index (χ3v) is 10.7. The van der Waals surface area contributed by atoms with Crippen molar-refractivity contribution in [3.63, 3.8) is 0 Å². The molecule has 1 aliphatic rings. The van der Waals surface area contributed by atoms with Gasteiger partial charge < -0.3 is 30.3 Å². The van der Waals surface area contributed by atoms with Gasteiger partial charge in [-0.15, -0.1) is 23.1 Å². The van der Waals surface area contributed by atoms with Crippen molar-refractivity contribution in [2.24, 2.45) is 0 Å². The van der Waals surface area contributed by atoms with E-state index in [-0.39, 0.29) is 17.5 Å². The number of carbonyl (C=O) groups excluding carboxylic acids is 5. The summed E-state index contributed by atoms with van der Waals surface area (Å²) in [4.78, 5) is 68.5. The molecular formula is C39H40N4O7S2. The van der Waals surface area contributed by atoms with Crippen molar-refractivity contribution in [2.45, 2.75) is 50.3 Å². The molecule has 0 fully saturated rings. The summed E-state index contributed by atoms with van der Waals surface area (Å²) in [5.41, 5.74) is 2.71. The summed E-state index contributed by atoms with van der Waals surface area (Å²) in [6, 6.07) is 22.9. The fourth-order valence-electron chi connectivity index (χ4n) is 5.54. The Morgan fingerprint density at radius 3 is 2.38 bits per heavy atom. The number of thioether (sulfide) groups is 1. The Morgan fingerprint density at radius 1 is 0.962 bits per heavy atom. The van der Waals surface area contributed by atoms with Crippen LogP contribution in [0.4, 0.5) is 10.7 Å². The number of amides is 4. The monoisotopic (exact) mass is 740 g/mol. The molecule has 0 saturated carbocycles. The van der Waals surface area contributed by atoms with Gasteiger partial charge in [-0.2, -0.15) is 0 Å². The van der Waals surface area contributed by atoms with Crippen LogP contribution in [0.1, 0.15) is 63.9 Å². The molecule has 4 amide bonds. The van der Waals surface area contributed by atoms with Gasteiger partial charge in [0, 0.05) is 34.5 Å². The third kappa shape index (κ3) is 9.47. The first-order chi connectivity index (χ1) is 25.1. The molecule has 13 heteroatoms. The third-order valence-electron chi connectivity index (χ3n) is 8.19. The summed E-state index contributed by atoms with van der Waals surface area (Å²) in [6.45, 7) is 6.66. The SMILES string of the molecule is CCOc1ccc(/C=C(/NC(=O)c2ccccc2)C(=O)Nc2cccc(SC(CC)C(=O)Nc3sc4c(c3C(=O)OC)CCN(C(C)=O)C4)c2)cc1. The summed E-state index contributed by atoms with van der Waals surface area (Å²) in [7, 11) is 1.30. The zero-order valence-corrected chi connectivity index (χ0v) is 31.0. The van der Waals surface area contributed by atoms with Gasteiger partial charge in [-0.05, 0) is 79.4 Å². The molecule has 5 rings (SSSR count). The molecule has 0 spiro atoms. The van der Waals surface area contributed by atoms with E-state index in [0.717, 1.165) is 15.3 Å². The van der Waals surface area contributed by atoms with E-state index in [9.17, 15) is 24.0 Å². The van der Waals surface area contributed by atoms with Crippen molar-refractivity contribution in [2.75, 3.05) is 30.9 Å². The molecule has 4 aromatic rings. The number of fused-ring (bicyclic) bond motifs is 1. The van der Waals surface area contributed by atoms with Crippen molar-refractivity contribution in [1.29, 1.82) is 0 Å². The van der Waals surface area contributed by atoms with Crippen LogP contribution < -0.4 is 20.7 Å². The largest absolute Gasteiger partial charge is 0.494 e. The number of ether oxygens (including phenoxy) is 2. The Balaban J connectivity index is 1.32. The maximum Gasteiger partial charge on any atom is 0.341 e. The van der Waals surface area contributed by atoms with E-state index in [2.05, 4.69) is 16.0 Å². The van der Waals surface area contributed by atoms with Gasteiger partial charge in [0.2, 0.25) is 11.8 Å². The van der Waals surface area contributed by atoms with Crippen LogP contribution in [0.3, 0.4) is 0 Å². The topological polar surface area (TPSA) is 143 Å². The van der Waals surface area contributed by atoms with E-state index in [1.54, 1.807) is 83.8 Å². The van der Waals surface area contributed by atoms with Gasteiger partial charge in [0.05, 0.1) is 31.1 Å². The van der Waals surface area contributed by atoms with Gasteiger partial charge >= 0.3 is 5.97 Å². The number of carbonyl (C=O) groups is 5. The number of anilines is 2. The minimum atomic E-state index is -0.538. The number of hydrogen-bond donors (Lipinski definition) is 3. The lowest BCUT2D eigenvalue weighted by molar-refractivity contribution is -0.129. The summed E-state index contributed by atoms with van der Waals surface area (Å²) in [6.07, 6.45) is 2.55. The smallest absolute Gasteiger partial charge is 0.341 e. The Labute approximate surface area is 310 Å². The summed E-state index contributed by atoms with van der Waals surface area (Å²) in [5.74, 6) is -1.17. The number of methoxy groups -OCH3 is 1. The standard InChI is InChI=1S/C39H40N4O7S2/c1-5-32(37(47)42-38-34(39(48)49-4)30-19-20-43(24(3)44)23-33(30)52-38)51-29-14-10-13-27(22-29)40-36(46)31(41-35(45)26-11-8-7-9-12-26)21-25-15-17-28(18-16-25)50-6-2/h7-18,21-22,32H,5-6,19-20,23H2,1-4H3,(H,40,46)(H,41,45)(H,42,47)/b31-21+. The van der Waals surface area contributed by atoms with Crippen molar-refractivity contribution < 1.29 is 33.4 Å². The predicted octanol–water partition coefficient (Wildman–Crippen LogP) is 6.76. The van der Waals surface area contributed by atoms with Crippen molar-refractivity contribution in [3.8, 4) is 5.75 Å². The molecule has 1 aromatic heterocycles. The first-order valence-corrected chi connectivity index (χ1v) is 18.5. The van der Waals surface area contributed by atoms with E-state index < -0.39 is 23.0 Å². The molecule has 0 aliphatic carbocycles. The van der Waals surface area contributed by atoms with Gasteiger partial charge in [0.25, 0.3) is 11.8 Å². The second-order valence-electron chi connectivity index (χ2n) is 11.8. The Hall–Kier alpha value is -5.40. The number of esters is 1. The number of hydrogen-bond acceptors (Lipinski definition) is 9. The minimum Gasteiger partial charge on any atom is -0.494 e. The van der Waals surface area contributed by atoms with Crippen LogP contribution in [0.25, 0.3) is 6.08 Å². The van der Waals surface area contributed by atoms with Crippen LogP contribution in [0, 0.1) is 0 Å². The Morgan fingerprint density at radius 2 is 1.71 bits per heavy atom.